The van der Waals surface area contributed by atoms with Crippen LogP contribution in [0.4, 0.5) is 18.9 Å². The highest BCUT2D eigenvalue weighted by Crippen LogP contribution is 2.38. The van der Waals surface area contributed by atoms with Crippen LogP contribution < -0.4 is 10.6 Å². The summed E-state index contributed by atoms with van der Waals surface area (Å²) in [6.45, 7) is 1.63. The number of nitrogens with one attached hydrogen (secondary N) is 2. The molecule has 0 atom stereocenters. The van der Waals surface area contributed by atoms with Crippen LogP contribution >= 0.6 is 0 Å². The van der Waals surface area contributed by atoms with Crippen molar-refractivity contribution in [2.75, 3.05) is 19.0 Å². The van der Waals surface area contributed by atoms with Gasteiger partial charge in [0.05, 0.1) is 7.11 Å². The van der Waals surface area contributed by atoms with E-state index in [9.17, 15) is 27.6 Å². The van der Waals surface area contributed by atoms with Gasteiger partial charge in [-0.3, -0.25) is 14.4 Å². The van der Waals surface area contributed by atoms with Crippen LogP contribution in [0, 0.1) is 12.8 Å². The van der Waals surface area contributed by atoms with Crippen LogP contribution in [0.5, 0.6) is 0 Å². The van der Waals surface area contributed by atoms with E-state index >= 15 is 0 Å². The summed E-state index contributed by atoms with van der Waals surface area (Å²) < 4.78 is 50.2. The third kappa shape index (κ3) is 7.96. The summed E-state index contributed by atoms with van der Waals surface area (Å²) >= 11 is 0. The molecule has 1 saturated carbocycles. The molecule has 2 amide bonds. The van der Waals surface area contributed by atoms with Crippen LogP contribution in [-0.4, -0.2) is 36.4 Å². The van der Waals surface area contributed by atoms with Crippen molar-refractivity contribution in [1.82, 2.24) is 10.3 Å². The lowest BCUT2D eigenvalue weighted by molar-refractivity contribution is -0.153. The van der Waals surface area contributed by atoms with E-state index in [1.807, 2.05) is 19.1 Å². The first-order valence-corrected chi connectivity index (χ1v) is 13.4. The third-order valence-corrected chi connectivity index (χ3v) is 7.23. The predicted molar refractivity (Wildman–Crippen MR) is 145 cm³/mol. The molecular weight excluding hydrogens is 539 g/mol. The topological polar surface area (TPSA) is 111 Å². The number of hydrogen-bond acceptors (Lipinski definition) is 6. The van der Waals surface area contributed by atoms with Crippen molar-refractivity contribution in [2.24, 2.45) is 5.92 Å². The number of alkyl halides is 3. The van der Waals surface area contributed by atoms with Gasteiger partial charge in [0.15, 0.2) is 5.69 Å². The van der Waals surface area contributed by atoms with Gasteiger partial charge in [0.2, 0.25) is 17.6 Å². The highest BCUT2D eigenvalue weighted by atomic mass is 19.4. The van der Waals surface area contributed by atoms with Gasteiger partial charge in [-0.1, -0.05) is 29.8 Å². The number of carbonyl (C=O) groups is 3. The number of esters is 1. The van der Waals surface area contributed by atoms with Gasteiger partial charge < -0.3 is 19.8 Å². The smallest absolute Gasteiger partial charge is 0.452 e. The minimum atomic E-state index is -4.92. The van der Waals surface area contributed by atoms with Crippen LogP contribution in [0.2, 0.25) is 0 Å². The van der Waals surface area contributed by atoms with Gasteiger partial charge in [0.1, 0.15) is 0 Å². The zero-order valence-corrected chi connectivity index (χ0v) is 22.8. The first-order valence-electron chi connectivity index (χ1n) is 13.4. The summed E-state index contributed by atoms with van der Waals surface area (Å²) in [7, 11) is 1.40. The van der Waals surface area contributed by atoms with Gasteiger partial charge in [-0.2, -0.15) is 13.2 Å². The molecule has 0 spiro atoms. The Morgan fingerprint density at radius 2 is 1.66 bits per heavy atom. The third-order valence-electron chi connectivity index (χ3n) is 7.23. The summed E-state index contributed by atoms with van der Waals surface area (Å²) in [6.07, 6.45) is -0.768. The molecular formula is C30H32F3N3O5. The predicted octanol–water partition coefficient (Wildman–Crippen LogP) is 6.26. The molecule has 41 heavy (non-hydrogen) atoms. The summed E-state index contributed by atoms with van der Waals surface area (Å²) in [4.78, 5) is 40.2. The quantitative estimate of drug-likeness (QED) is 0.293. The maximum Gasteiger partial charge on any atom is 0.452 e. The number of carbonyl (C=O) groups excluding carboxylic acids is 3. The Morgan fingerprint density at radius 1 is 1.00 bits per heavy atom. The second kappa shape index (κ2) is 13.0. The fourth-order valence-corrected chi connectivity index (χ4v) is 4.94. The molecule has 1 heterocycles. The van der Waals surface area contributed by atoms with Gasteiger partial charge >= 0.3 is 12.1 Å². The van der Waals surface area contributed by atoms with Crippen molar-refractivity contribution in [3.8, 4) is 11.5 Å². The molecule has 4 rings (SSSR count). The van der Waals surface area contributed by atoms with Crippen molar-refractivity contribution in [3.05, 3.63) is 71.1 Å². The Balaban J connectivity index is 1.27. The SMILES string of the molecule is COC(=O)CC1CCC(c2ccc(NC(=O)CCNC(=O)c3nc(-c4ccc(C)cc4)oc3C(F)(F)F)cc2)CC1. The number of nitrogens with zero attached hydrogens (tertiary/aromatic N) is 1. The van der Waals surface area contributed by atoms with E-state index in [1.54, 1.807) is 36.4 Å². The van der Waals surface area contributed by atoms with Crippen molar-refractivity contribution >= 4 is 23.5 Å². The van der Waals surface area contributed by atoms with Gasteiger partial charge in [0, 0.05) is 30.6 Å². The normalized spacial score (nSPS) is 17.1. The van der Waals surface area contributed by atoms with E-state index in [2.05, 4.69) is 15.6 Å². The van der Waals surface area contributed by atoms with E-state index in [4.69, 9.17) is 9.15 Å². The highest BCUT2D eigenvalue weighted by molar-refractivity contribution is 5.95. The molecule has 0 radical (unpaired) electrons. The van der Waals surface area contributed by atoms with E-state index in [0.717, 1.165) is 36.8 Å². The number of aryl methyl sites for hydroxylation is 1. The largest absolute Gasteiger partial charge is 0.469 e. The molecule has 0 bridgehead atoms. The van der Waals surface area contributed by atoms with Gasteiger partial charge in [-0.05, 0) is 74.3 Å². The number of hydrogen-bond donors (Lipinski definition) is 2. The number of ether oxygens (including phenoxy) is 1. The average Bonchev–Trinajstić information content (AvgIpc) is 3.41. The molecule has 3 aromatic rings. The summed E-state index contributed by atoms with van der Waals surface area (Å²) in [6, 6.07) is 14.0. The first-order chi connectivity index (χ1) is 19.5. The lowest BCUT2D eigenvalue weighted by atomic mass is 9.77. The van der Waals surface area contributed by atoms with Gasteiger partial charge in [-0.25, -0.2) is 4.98 Å². The fraction of sp³-hybridized carbons (Fsp3) is 0.400. The van der Waals surface area contributed by atoms with E-state index in [1.165, 1.54) is 7.11 Å². The monoisotopic (exact) mass is 571 g/mol. The van der Waals surface area contributed by atoms with Crippen molar-refractivity contribution in [1.29, 1.82) is 0 Å². The van der Waals surface area contributed by atoms with Crippen molar-refractivity contribution < 1.29 is 36.7 Å². The maximum atomic E-state index is 13.5. The summed E-state index contributed by atoms with van der Waals surface area (Å²) in [5.74, 6) is -2.75. The molecule has 2 aromatic carbocycles. The molecule has 0 unspecified atom stereocenters. The second-order valence-electron chi connectivity index (χ2n) is 10.2. The van der Waals surface area contributed by atoms with Crippen LogP contribution in [-0.2, 0) is 20.5 Å². The zero-order valence-electron chi connectivity index (χ0n) is 22.8. The van der Waals surface area contributed by atoms with E-state index in [0.29, 0.717) is 29.5 Å². The number of halogens is 3. The molecule has 0 aliphatic heterocycles. The van der Waals surface area contributed by atoms with Crippen LogP contribution in [0.1, 0.15) is 71.8 Å². The first kappa shape index (κ1) is 29.8. The highest BCUT2D eigenvalue weighted by Gasteiger charge is 2.42. The van der Waals surface area contributed by atoms with Crippen molar-refractivity contribution in [3.63, 3.8) is 0 Å². The number of methoxy groups -OCH3 is 1. The van der Waals surface area contributed by atoms with Gasteiger partial charge in [-0.15, -0.1) is 0 Å². The summed E-state index contributed by atoms with van der Waals surface area (Å²) in [5, 5.41) is 5.05. The van der Waals surface area contributed by atoms with E-state index < -0.39 is 29.4 Å². The Hall–Kier alpha value is -4.15. The number of anilines is 1. The molecule has 11 heteroatoms. The maximum absolute atomic E-state index is 13.5. The minimum absolute atomic E-state index is 0.151. The molecule has 2 N–H and O–H groups in total. The van der Waals surface area contributed by atoms with Crippen LogP contribution in [0.3, 0.4) is 0 Å². The number of benzene rings is 2. The Labute approximate surface area is 235 Å². The lowest BCUT2D eigenvalue weighted by Crippen LogP contribution is -2.29. The Bertz CT molecular complexity index is 1360. The number of aromatic nitrogens is 1. The number of oxazole rings is 1. The van der Waals surface area contributed by atoms with Crippen LogP contribution in [0.15, 0.2) is 52.9 Å². The second-order valence-corrected chi connectivity index (χ2v) is 10.2. The molecule has 0 saturated heterocycles. The lowest BCUT2D eigenvalue weighted by Gasteiger charge is -2.28. The van der Waals surface area contributed by atoms with Crippen molar-refractivity contribution in [2.45, 2.75) is 57.5 Å². The van der Waals surface area contributed by atoms with E-state index in [-0.39, 0.29) is 24.8 Å². The molecule has 1 fully saturated rings. The number of rotatable bonds is 9. The molecule has 1 aromatic heterocycles. The Kier molecular flexibility index (Phi) is 9.46. The average molecular weight is 572 g/mol. The minimum Gasteiger partial charge on any atom is -0.469 e. The number of amides is 2. The summed E-state index contributed by atoms with van der Waals surface area (Å²) in [5.41, 5.74) is 2.05. The van der Waals surface area contributed by atoms with Gasteiger partial charge in [0.25, 0.3) is 5.91 Å². The fourth-order valence-electron chi connectivity index (χ4n) is 4.94. The zero-order chi connectivity index (χ0) is 29.6. The standard InChI is InChI=1S/C30H32F3N3O5/c1-18-3-7-22(8-4-18)29-36-26(27(41-29)30(31,32)33)28(39)34-16-15-24(37)35-23-13-11-21(12-14-23)20-9-5-19(6-10-20)17-25(38)40-2/h3-4,7-8,11-14,19-20H,5-6,9-10,15-17H2,1-2H3,(H,34,39)(H,35,37). The molecule has 1 aliphatic carbocycles. The Morgan fingerprint density at radius 3 is 2.27 bits per heavy atom. The molecule has 218 valence electrons. The molecule has 1 aliphatic rings. The van der Waals surface area contributed by atoms with Crippen LogP contribution in [0.25, 0.3) is 11.5 Å². The molecule has 8 nitrogen and oxygen atoms in total.